The van der Waals surface area contributed by atoms with Crippen molar-refractivity contribution in [2.24, 2.45) is 0 Å². The zero-order chi connectivity index (χ0) is 19.1. The summed E-state index contributed by atoms with van der Waals surface area (Å²) >= 11 is 1.52. The Morgan fingerprint density at radius 2 is 1.81 bits per heavy atom. The van der Waals surface area contributed by atoms with Gasteiger partial charge in [-0.2, -0.15) is 0 Å². The summed E-state index contributed by atoms with van der Waals surface area (Å²) in [5.74, 6) is -0.563. The van der Waals surface area contributed by atoms with Crippen LogP contribution in [0.1, 0.15) is 16.1 Å². The lowest BCUT2D eigenvalue weighted by atomic mass is 10.2. The minimum Gasteiger partial charge on any atom is -0.290 e. The van der Waals surface area contributed by atoms with Crippen LogP contribution in [0.2, 0.25) is 0 Å². The van der Waals surface area contributed by atoms with Crippen LogP contribution < -0.4 is 0 Å². The van der Waals surface area contributed by atoms with Crippen molar-refractivity contribution in [2.45, 2.75) is 6.92 Å². The molecule has 0 fully saturated rings. The molecule has 0 radical (unpaired) electrons. The minimum absolute atomic E-state index is 0.159. The zero-order valence-electron chi connectivity index (χ0n) is 14.5. The molecule has 3 heterocycles. The minimum atomic E-state index is -0.404. The van der Waals surface area contributed by atoms with Gasteiger partial charge in [0.15, 0.2) is 5.78 Å². The third-order valence-corrected chi connectivity index (χ3v) is 4.78. The molecule has 0 atom stereocenters. The Labute approximate surface area is 160 Å². The van der Waals surface area contributed by atoms with E-state index in [-0.39, 0.29) is 5.78 Å². The lowest BCUT2D eigenvalue weighted by Crippen LogP contribution is -1.84. The van der Waals surface area contributed by atoms with E-state index in [9.17, 15) is 9.18 Å². The van der Waals surface area contributed by atoms with E-state index in [4.69, 9.17) is 0 Å². The van der Waals surface area contributed by atoms with Crippen molar-refractivity contribution in [3.63, 3.8) is 0 Å². The highest BCUT2D eigenvalue weighted by Crippen LogP contribution is 2.28. The van der Waals surface area contributed by atoms with Gasteiger partial charge in [0.1, 0.15) is 10.8 Å². The monoisotopic (exact) mass is 377 g/mol. The summed E-state index contributed by atoms with van der Waals surface area (Å²) in [6.07, 6.45) is 15.6. The Kier molecular flexibility index (Phi) is 6.12. The maximum absolute atomic E-state index is 13.4. The van der Waals surface area contributed by atoms with E-state index in [1.54, 1.807) is 42.8 Å². The average Bonchev–Trinajstić information content (AvgIpc) is 3.06. The number of hydrogen-bond donors (Lipinski definition) is 0. The molecule has 0 saturated carbocycles. The van der Waals surface area contributed by atoms with Crippen LogP contribution >= 0.6 is 11.3 Å². The summed E-state index contributed by atoms with van der Waals surface area (Å²) in [6.45, 7) is 1.91. The van der Waals surface area contributed by atoms with Gasteiger partial charge in [-0.05, 0) is 43.4 Å². The molecule has 134 valence electrons. The lowest BCUT2D eigenvalue weighted by Gasteiger charge is -1.92. The summed E-state index contributed by atoms with van der Waals surface area (Å²) < 4.78 is 13.4. The summed E-state index contributed by atoms with van der Waals surface area (Å²) in [5.41, 5.74) is 2.28. The summed E-state index contributed by atoms with van der Waals surface area (Å²) in [6, 6.07) is 5.36. The van der Waals surface area contributed by atoms with Crippen molar-refractivity contribution in [3.8, 4) is 10.6 Å². The molecule has 3 rings (SSSR count). The molecule has 0 saturated heterocycles. The van der Waals surface area contributed by atoms with Crippen molar-refractivity contribution in [1.29, 1.82) is 0 Å². The fraction of sp³-hybridized carbons (Fsp3) is 0.0476. The third-order valence-electron chi connectivity index (χ3n) is 3.61. The van der Waals surface area contributed by atoms with Gasteiger partial charge in [-0.3, -0.25) is 14.8 Å². The number of nitrogens with zero attached hydrogens (tertiary/aromatic N) is 3. The Bertz CT molecular complexity index is 1020. The number of ketones is 1. The first-order valence-electron chi connectivity index (χ1n) is 8.17. The molecule has 0 N–H and O–H groups in total. The molecule has 0 bridgehead atoms. The van der Waals surface area contributed by atoms with Crippen molar-refractivity contribution >= 4 is 29.3 Å². The van der Waals surface area contributed by atoms with Crippen LogP contribution in [0, 0.1) is 12.7 Å². The molecule has 0 aromatic carbocycles. The van der Waals surface area contributed by atoms with E-state index in [2.05, 4.69) is 15.0 Å². The van der Waals surface area contributed by atoms with E-state index < -0.39 is 5.82 Å². The lowest BCUT2D eigenvalue weighted by molar-refractivity contribution is -0.110. The van der Waals surface area contributed by atoms with Gasteiger partial charge in [0.25, 0.3) is 0 Å². The van der Waals surface area contributed by atoms with Gasteiger partial charge in [-0.1, -0.05) is 18.2 Å². The first-order chi connectivity index (χ1) is 13.1. The molecule has 27 heavy (non-hydrogen) atoms. The van der Waals surface area contributed by atoms with Crippen molar-refractivity contribution in [2.75, 3.05) is 0 Å². The van der Waals surface area contributed by atoms with Gasteiger partial charge >= 0.3 is 0 Å². The van der Waals surface area contributed by atoms with E-state index in [1.807, 2.05) is 19.1 Å². The molecule has 0 spiro atoms. The molecule has 0 aliphatic rings. The number of allylic oxidation sites excluding steroid dienone is 4. The van der Waals surface area contributed by atoms with Crippen LogP contribution in [0.3, 0.4) is 0 Å². The number of halogens is 1. The molecule has 0 aliphatic heterocycles. The number of aryl methyl sites for hydroxylation is 1. The van der Waals surface area contributed by atoms with Crippen LogP contribution in [0.5, 0.6) is 0 Å². The summed E-state index contributed by atoms with van der Waals surface area (Å²) in [4.78, 5) is 25.1. The molecule has 3 aromatic rings. The van der Waals surface area contributed by atoms with Crippen LogP contribution in [-0.4, -0.2) is 20.7 Å². The number of carbonyl (C=O) groups excluding carboxylic acids is 1. The maximum Gasteiger partial charge on any atom is 0.178 e. The first kappa shape index (κ1) is 18.5. The fourth-order valence-electron chi connectivity index (χ4n) is 2.22. The number of rotatable bonds is 6. The van der Waals surface area contributed by atoms with Crippen molar-refractivity contribution in [3.05, 3.63) is 89.2 Å². The van der Waals surface area contributed by atoms with Crippen LogP contribution in [0.25, 0.3) is 22.7 Å². The molecule has 4 nitrogen and oxygen atoms in total. The van der Waals surface area contributed by atoms with Crippen LogP contribution in [0.4, 0.5) is 4.39 Å². The number of hydrogen-bond acceptors (Lipinski definition) is 5. The van der Waals surface area contributed by atoms with Crippen molar-refractivity contribution < 1.29 is 9.18 Å². The predicted octanol–water partition coefficient (Wildman–Crippen LogP) is 4.90. The first-order valence-corrected chi connectivity index (χ1v) is 8.99. The Morgan fingerprint density at radius 1 is 1.04 bits per heavy atom. The molecular formula is C21H16FN3OS. The molecule has 3 aromatic heterocycles. The number of thiazole rings is 1. The van der Waals surface area contributed by atoms with Crippen LogP contribution in [-0.2, 0) is 4.79 Å². The highest BCUT2D eigenvalue weighted by Gasteiger charge is 2.07. The van der Waals surface area contributed by atoms with Crippen LogP contribution in [0.15, 0.2) is 67.3 Å². The second-order valence-electron chi connectivity index (χ2n) is 5.56. The smallest absolute Gasteiger partial charge is 0.178 e. The van der Waals surface area contributed by atoms with Gasteiger partial charge in [-0.25, -0.2) is 9.37 Å². The largest absolute Gasteiger partial charge is 0.290 e. The Balaban J connectivity index is 1.63. The fourth-order valence-corrected chi connectivity index (χ4v) is 3.20. The number of aromatic nitrogens is 3. The normalized spacial score (nSPS) is 11.8. The number of carbonyl (C=O) groups is 1. The quantitative estimate of drug-likeness (QED) is 0.453. The molecule has 0 amide bonds. The molecule has 6 heteroatoms. The van der Waals surface area contributed by atoms with E-state index in [0.717, 1.165) is 27.3 Å². The van der Waals surface area contributed by atoms with E-state index in [0.29, 0.717) is 5.56 Å². The second kappa shape index (κ2) is 8.91. The predicted molar refractivity (Wildman–Crippen MR) is 106 cm³/mol. The summed E-state index contributed by atoms with van der Waals surface area (Å²) in [5, 5.41) is 0.889. The van der Waals surface area contributed by atoms with Gasteiger partial charge in [0.2, 0.25) is 0 Å². The van der Waals surface area contributed by atoms with E-state index in [1.165, 1.54) is 29.7 Å². The van der Waals surface area contributed by atoms with E-state index >= 15 is 0 Å². The second-order valence-corrected chi connectivity index (χ2v) is 6.59. The Morgan fingerprint density at radius 3 is 2.59 bits per heavy atom. The third kappa shape index (κ3) is 5.12. The highest BCUT2D eigenvalue weighted by molar-refractivity contribution is 7.16. The molecule has 0 aliphatic carbocycles. The van der Waals surface area contributed by atoms with Gasteiger partial charge in [0, 0.05) is 29.7 Å². The van der Waals surface area contributed by atoms with Gasteiger partial charge in [-0.15, -0.1) is 11.3 Å². The summed E-state index contributed by atoms with van der Waals surface area (Å²) in [7, 11) is 0. The standard InChI is InChI=1S/C21H16FN3OS/c1-15-20(27-21(25-15)17-9-11-23-12-10-17)7-6-18(26)5-3-2-4-16-8-13-24-14-19(16)22/h2-14H,1H3/b4-2+,5-3+,7-6+. The average molecular weight is 377 g/mol. The molecular weight excluding hydrogens is 361 g/mol. The highest BCUT2D eigenvalue weighted by atomic mass is 32.1. The molecule has 0 unspecified atom stereocenters. The van der Waals surface area contributed by atoms with Crippen molar-refractivity contribution in [1.82, 2.24) is 15.0 Å². The zero-order valence-corrected chi connectivity index (χ0v) is 15.4. The SMILES string of the molecule is Cc1nc(-c2ccncc2)sc1/C=C/C(=O)/C=C/C=C/c1ccncc1F. The Hall–Kier alpha value is -3.25. The maximum atomic E-state index is 13.4. The van der Waals surface area contributed by atoms with Gasteiger partial charge < -0.3 is 0 Å². The van der Waals surface area contributed by atoms with Gasteiger partial charge in [0.05, 0.1) is 16.8 Å². The topological polar surface area (TPSA) is 55.7 Å². The number of pyridine rings is 2.